The SMILES string of the molecule is CCOCCS(=O)(=O)NCc1cccc(C(N)=NO)c1. The highest BCUT2D eigenvalue weighted by Crippen LogP contribution is 2.05. The number of nitrogens with one attached hydrogen (secondary N) is 1. The van der Waals surface area contributed by atoms with Gasteiger partial charge in [0.25, 0.3) is 0 Å². The van der Waals surface area contributed by atoms with Gasteiger partial charge in [0.1, 0.15) is 0 Å². The molecule has 0 spiro atoms. The minimum Gasteiger partial charge on any atom is -0.409 e. The van der Waals surface area contributed by atoms with Gasteiger partial charge in [0, 0.05) is 18.7 Å². The molecule has 8 heteroatoms. The highest BCUT2D eigenvalue weighted by molar-refractivity contribution is 7.89. The van der Waals surface area contributed by atoms with E-state index in [1.54, 1.807) is 31.2 Å². The van der Waals surface area contributed by atoms with Crippen LogP contribution in [0.1, 0.15) is 18.1 Å². The van der Waals surface area contributed by atoms with E-state index in [1.165, 1.54) is 0 Å². The number of amidine groups is 1. The number of oxime groups is 1. The van der Waals surface area contributed by atoms with Crippen molar-refractivity contribution in [3.05, 3.63) is 35.4 Å². The Kier molecular flexibility index (Phi) is 6.43. The standard InChI is InChI=1S/C12H19N3O4S/c1-2-19-6-7-20(17,18)14-9-10-4-3-5-11(8-10)12(13)15-16/h3-5,8,14,16H,2,6-7,9H2,1H3,(H2,13,15). The summed E-state index contributed by atoms with van der Waals surface area (Å²) in [4.78, 5) is 0. The Bertz CT molecular complexity index is 558. The lowest BCUT2D eigenvalue weighted by Crippen LogP contribution is -2.28. The van der Waals surface area contributed by atoms with Crippen molar-refractivity contribution in [3.8, 4) is 0 Å². The molecule has 0 aromatic heterocycles. The third kappa shape index (κ3) is 5.55. The average Bonchev–Trinajstić information content (AvgIpc) is 2.45. The summed E-state index contributed by atoms with van der Waals surface area (Å²) < 4.78 is 30.8. The maximum atomic E-state index is 11.7. The Hall–Kier alpha value is -1.64. The van der Waals surface area contributed by atoms with Crippen molar-refractivity contribution in [2.75, 3.05) is 19.0 Å². The maximum absolute atomic E-state index is 11.7. The molecule has 0 atom stereocenters. The van der Waals surface area contributed by atoms with E-state index >= 15 is 0 Å². The van der Waals surface area contributed by atoms with E-state index in [9.17, 15) is 8.42 Å². The summed E-state index contributed by atoms with van der Waals surface area (Å²) in [6.45, 7) is 2.59. The van der Waals surface area contributed by atoms with Crippen molar-refractivity contribution in [2.45, 2.75) is 13.5 Å². The van der Waals surface area contributed by atoms with Gasteiger partial charge in [-0.05, 0) is 18.6 Å². The van der Waals surface area contributed by atoms with Crippen LogP contribution in [0.15, 0.2) is 29.4 Å². The van der Waals surface area contributed by atoms with Crippen molar-refractivity contribution in [1.82, 2.24) is 4.72 Å². The summed E-state index contributed by atoms with van der Waals surface area (Å²) in [7, 11) is -3.38. The number of nitrogens with two attached hydrogens (primary N) is 1. The lowest BCUT2D eigenvalue weighted by atomic mass is 10.1. The van der Waals surface area contributed by atoms with Crippen molar-refractivity contribution < 1.29 is 18.4 Å². The summed E-state index contributed by atoms with van der Waals surface area (Å²) in [5.74, 6) is -0.105. The van der Waals surface area contributed by atoms with Crippen LogP contribution in [0.3, 0.4) is 0 Å². The van der Waals surface area contributed by atoms with Gasteiger partial charge >= 0.3 is 0 Å². The first-order valence-electron chi connectivity index (χ1n) is 6.10. The second kappa shape index (κ2) is 7.83. The average molecular weight is 301 g/mol. The number of nitrogens with zero attached hydrogens (tertiary/aromatic N) is 1. The zero-order chi connectivity index (χ0) is 15.0. The van der Waals surface area contributed by atoms with Crippen LogP contribution in [0.25, 0.3) is 0 Å². The molecule has 0 saturated carbocycles. The van der Waals surface area contributed by atoms with Crippen LogP contribution < -0.4 is 10.5 Å². The minimum absolute atomic E-state index is 0.0222. The normalized spacial score (nSPS) is 12.6. The second-order valence-electron chi connectivity index (χ2n) is 4.02. The van der Waals surface area contributed by atoms with Crippen LogP contribution >= 0.6 is 0 Å². The van der Waals surface area contributed by atoms with Gasteiger partial charge in [0.2, 0.25) is 10.0 Å². The van der Waals surface area contributed by atoms with Crippen LogP contribution in [0, 0.1) is 0 Å². The zero-order valence-electron chi connectivity index (χ0n) is 11.2. The highest BCUT2D eigenvalue weighted by Gasteiger charge is 2.10. The molecule has 1 rings (SSSR count). The molecular formula is C12H19N3O4S. The Morgan fingerprint density at radius 1 is 1.50 bits per heavy atom. The smallest absolute Gasteiger partial charge is 0.214 e. The largest absolute Gasteiger partial charge is 0.409 e. The van der Waals surface area contributed by atoms with E-state index in [4.69, 9.17) is 15.7 Å². The first-order chi connectivity index (χ1) is 9.48. The molecule has 0 amide bonds. The Morgan fingerprint density at radius 2 is 2.25 bits per heavy atom. The van der Waals surface area contributed by atoms with Gasteiger partial charge in [-0.2, -0.15) is 0 Å². The van der Waals surface area contributed by atoms with Crippen molar-refractivity contribution >= 4 is 15.9 Å². The molecule has 0 radical (unpaired) electrons. The third-order valence-corrected chi connectivity index (χ3v) is 3.82. The molecule has 112 valence electrons. The fraction of sp³-hybridized carbons (Fsp3) is 0.417. The first kappa shape index (κ1) is 16.4. The zero-order valence-corrected chi connectivity index (χ0v) is 12.1. The van der Waals surface area contributed by atoms with E-state index in [0.29, 0.717) is 17.7 Å². The van der Waals surface area contributed by atoms with Crippen molar-refractivity contribution in [1.29, 1.82) is 0 Å². The molecule has 0 aliphatic heterocycles. The molecule has 1 aromatic rings. The second-order valence-corrected chi connectivity index (χ2v) is 5.95. The molecule has 0 unspecified atom stereocenters. The van der Waals surface area contributed by atoms with Gasteiger partial charge in [-0.15, -0.1) is 0 Å². The lowest BCUT2D eigenvalue weighted by molar-refractivity contribution is 0.163. The van der Waals surface area contributed by atoms with Crippen LogP contribution in [-0.4, -0.2) is 38.4 Å². The molecular weight excluding hydrogens is 282 g/mol. The maximum Gasteiger partial charge on any atom is 0.214 e. The Balaban J connectivity index is 2.61. The van der Waals surface area contributed by atoms with Gasteiger partial charge in [-0.25, -0.2) is 13.1 Å². The third-order valence-electron chi connectivity index (χ3n) is 2.53. The molecule has 20 heavy (non-hydrogen) atoms. The van der Waals surface area contributed by atoms with E-state index in [-0.39, 0.29) is 24.7 Å². The van der Waals surface area contributed by atoms with Gasteiger partial charge in [0.15, 0.2) is 5.84 Å². The number of sulfonamides is 1. The van der Waals surface area contributed by atoms with Crippen molar-refractivity contribution in [3.63, 3.8) is 0 Å². The van der Waals surface area contributed by atoms with Crippen LogP contribution in [-0.2, 0) is 21.3 Å². The highest BCUT2D eigenvalue weighted by atomic mass is 32.2. The summed E-state index contributed by atoms with van der Waals surface area (Å²) in [6, 6.07) is 6.78. The predicted octanol–water partition coefficient (Wildman–Crippen LogP) is 0.237. The lowest BCUT2D eigenvalue weighted by Gasteiger charge is -2.08. The topological polar surface area (TPSA) is 114 Å². The van der Waals surface area contributed by atoms with Crippen molar-refractivity contribution in [2.24, 2.45) is 10.9 Å². The number of ether oxygens (including phenoxy) is 1. The Labute approximate surface area is 118 Å². The van der Waals surface area contributed by atoms with Gasteiger partial charge in [-0.1, -0.05) is 23.4 Å². The fourth-order valence-corrected chi connectivity index (χ4v) is 2.34. The van der Waals surface area contributed by atoms with E-state index in [1.807, 2.05) is 0 Å². The van der Waals surface area contributed by atoms with Gasteiger partial charge < -0.3 is 15.7 Å². The summed E-state index contributed by atoms with van der Waals surface area (Å²) in [5, 5.41) is 11.5. The molecule has 0 fully saturated rings. The van der Waals surface area contributed by atoms with Crippen LogP contribution in [0.2, 0.25) is 0 Å². The van der Waals surface area contributed by atoms with Crippen LogP contribution in [0.5, 0.6) is 0 Å². The molecule has 0 bridgehead atoms. The molecule has 0 heterocycles. The number of rotatable bonds is 8. The molecule has 0 saturated heterocycles. The summed E-state index contributed by atoms with van der Waals surface area (Å²) >= 11 is 0. The number of hydrogen-bond acceptors (Lipinski definition) is 5. The first-order valence-corrected chi connectivity index (χ1v) is 7.75. The monoisotopic (exact) mass is 301 g/mol. The van der Waals surface area contributed by atoms with Crippen LogP contribution in [0.4, 0.5) is 0 Å². The number of hydrogen-bond donors (Lipinski definition) is 3. The Morgan fingerprint density at radius 3 is 2.90 bits per heavy atom. The predicted molar refractivity (Wildman–Crippen MR) is 76.1 cm³/mol. The molecule has 7 nitrogen and oxygen atoms in total. The minimum atomic E-state index is -3.38. The summed E-state index contributed by atoms with van der Waals surface area (Å²) in [5.41, 5.74) is 6.71. The quantitative estimate of drug-likeness (QED) is 0.209. The fourth-order valence-electron chi connectivity index (χ4n) is 1.48. The molecule has 0 aliphatic rings. The molecule has 1 aromatic carbocycles. The van der Waals surface area contributed by atoms with E-state index in [2.05, 4.69) is 9.88 Å². The van der Waals surface area contributed by atoms with E-state index < -0.39 is 10.0 Å². The van der Waals surface area contributed by atoms with Gasteiger partial charge in [-0.3, -0.25) is 0 Å². The van der Waals surface area contributed by atoms with E-state index in [0.717, 1.165) is 0 Å². The molecule has 0 aliphatic carbocycles. The number of benzene rings is 1. The van der Waals surface area contributed by atoms with Gasteiger partial charge in [0.05, 0.1) is 12.4 Å². The molecule has 4 N–H and O–H groups in total. The summed E-state index contributed by atoms with van der Waals surface area (Å²) in [6.07, 6.45) is 0.